The van der Waals surface area contributed by atoms with E-state index in [0.717, 1.165) is 50.6 Å². The zero-order chi connectivity index (χ0) is 22.1. The number of nitrogens with one attached hydrogen (secondary N) is 1. The molecule has 1 aliphatic heterocycles. The van der Waals surface area contributed by atoms with Crippen LogP contribution in [0.5, 0.6) is 5.75 Å². The Bertz CT molecular complexity index is 961. The molecular weight excluding hydrogens is 431 g/mol. The van der Waals surface area contributed by atoms with Crippen LogP contribution >= 0.6 is 11.6 Å². The first-order valence-corrected chi connectivity index (χ1v) is 11.9. The number of piperidine rings is 1. The number of hydrogen-bond donors (Lipinski definition) is 1. The number of hydrogen-bond acceptors (Lipinski definition) is 5. The number of nitrogens with zero attached hydrogens (tertiary/aromatic N) is 3. The van der Waals surface area contributed by atoms with Crippen molar-refractivity contribution in [3.63, 3.8) is 0 Å². The molecule has 1 amide bonds. The predicted molar refractivity (Wildman–Crippen MR) is 121 cm³/mol. The zero-order valence-electron chi connectivity index (χ0n) is 18.0. The van der Waals surface area contributed by atoms with Gasteiger partial charge in [-0.1, -0.05) is 11.6 Å². The highest BCUT2D eigenvalue weighted by Crippen LogP contribution is 2.45. The van der Waals surface area contributed by atoms with E-state index in [1.165, 1.54) is 25.0 Å². The van der Waals surface area contributed by atoms with Crippen molar-refractivity contribution in [2.75, 3.05) is 24.6 Å². The van der Waals surface area contributed by atoms with Crippen molar-refractivity contribution in [1.29, 1.82) is 0 Å². The van der Waals surface area contributed by atoms with Gasteiger partial charge in [-0.25, -0.2) is 14.4 Å². The van der Waals surface area contributed by atoms with Crippen LogP contribution in [0, 0.1) is 23.6 Å². The van der Waals surface area contributed by atoms with E-state index in [4.69, 9.17) is 16.3 Å². The number of ether oxygens (including phenoxy) is 1. The summed E-state index contributed by atoms with van der Waals surface area (Å²) in [6, 6.07) is 4.75. The summed E-state index contributed by atoms with van der Waals surface area (Å²) in [5.74, 6) is 2.33. The monoisotopic (exact) mass is 458 g/mol. The van der Waals surface area contributed by atoms with Gasteiger partial charge in [0.2, 0.25) is 5.95 Å². The number of benzene rings is 1. The van der Waals surface area contributed by atoms with Crippen LogP contribution < -0.4 is 15.0 Å². The van der Waals surface area contributed by atoms with Crippen LogP contribution in [-0.4, -0.2) is 41.6 Å². The van der Waals surface area contributed by atoms with Gasteiger partial charge in [-0.15, -0.1) is 0 Å². The molecule has 2 aromatic rings. The molecule has 0 radical (unpaired) electrons. The second-order valence-electron chi connectivity index (χ2n) is 9.32. The number of aromatic nitrogens is 2. The van der Waals surface area contributed by atoms with Gasteiger partial charge < -0.3 is 15.0 Å². The standard InChI is InChI=1S/C24H28ClFN4O2/c25-18-12-27-24(28-13-18)30-7-5-15(6-8-30)9-16-10-17(16)14-32-20-3-4-21(22(26)11-20)23(31)29-19-1-2-19/h3-4,11-13,15-17,19H,1-2,5-10,14H2,(H,29,31)/t16-,17+/m1/s1. The van der Waals surface area contributed by atoms with E-state index in [-0.39, 0.29) is 17.5 Å². The van der Waals surface area contributed by atoms with Crippen molar-refractivity contribution in [3.8, 4) is 5.75 Å². The van der Waals surface area contributed by atoms with Crippen LogP contribution in [0.2, 0.25) is 5.02 Å². The van der Waals surface area contributed by atoms with Gasteiger partial charge in [-0.05, 0) is 68.4 Å². The van der Waals surface area contributed by atoms with Gasteiger partial charge in [0.1, 0.15) is 11.6 Å². The minimum Gasteiger partial charge on any atom is -0.493 e. The number of amides is 1. The van der Waals surface area contributed by atoms with E-state index < -0.39 is 5.82 Å². The van der Waals surface area contributed by atoms with Gasteiger partial charge in [0.05, 0.1) is 29.6 Å². The highest BCUT2D eigenvalue weighted by molar-refractivity contribution is 6.30. The Morgan fingerprint density at radius 3 is 2.59 bits per heavy atom. The lowest BCUT2D eigenvalue weighted by Crippen LogP contribution is -2.35. The van der Waals surface area contributed by atoms with Crippen molar-refractivity contribution in [3.05, 3.63) is 47.0 Å². The maximum absolute atomic E-state index is 14.3. The fourth-order valence-electron chi connectivity index (χ4n) is 4.53. The first-order valence-electron chi connectivity index (χ1n) is 11.5. The fraction of sp³-hybridized carbons (Fsp3) is 0.542. The Hall–Kier alpha value is -2.41. The quantitative estimate of drug-likeness (QED) is 0.631. The SMILES string of the molecule is O=C(NC1CC1)c1ccc(OC[C@@H]2C[C@H]2CC2CCN(c3ncc(Cl)cn3)CC2)cc1F. The lowest BCUT2D eigenvalue weighted by Gasteiger charge is -2.32. The van der Waals surface area contributed by atoms with Gasteiger partial charge in [0.25, 0.3) is 5.91 Å². The second kappa shape index (κ2) is 9.22. The molecule has 2 atom stereocenters. The van der Waals surface area contributed by atoms with E-state index >= 15 is 0 Å². The van der Waals surface area contributed by atoms with Crippen LogP contribution in [0.4, 0.5) is 10.3 Å². The van der Waals surface area contributed by atoms with Crippen LogP contribution in [-0.2, 0) is 0 Å². The van der Waals surface area contributed by atoms with Crippen molar-refractivity contribution >= 4 is 23.5 Å². The molecule has 3 aliphatic rings. The van der Waals surface area contributed by atoms with Gasteiger partial charge >= 0.3 is 0 Å². The molecule has 1 N–H and O–H groups in total. The fourth-order valence-corrected chi connectivity index (χ4v) is 4.63. The summed E-state index contributed by atoms with van der Waals surface area (Å²) >= 11 is 5.87. The number of carbonyl (C=O) groups excluding carboxylic acids is 1. The van der Waals surface area contributed by atoms with Gasteiger partial charge in [0, 0.05) is 25.2 Å². The van der Waals surface area contributed by atoms with Crippen molar-refractivity contribution in [2.45, 2.75) is 44.6 Å². The molecule has 3 fully saturated rings. The van der Waals surface area contributed by atoms with Crippen molar-refractivity contribution in [1.82, 2.24) is 15.3 Å². The molecule has 2 aliphatic carbocycles. The lowest BCUT2D eigenvalue weighted by molar-refractivity contribution is 0.0947. The third-order valence-corrected chi connectivity index (χ3v) is 6.97. The molecule has 1 aromatic carbocycles. The Kier molecular flexibility index (Phi) is 6.17. The molecule has 6 nitrogen and oxygen atoms in total. The average Bonchev–Trinajstić information content (AvgIpc) is 3.72. The topological polar surface area (TPSA) is 67.3 Å². The highest BCUT2D eigenvalue weighted by Gasteiger charge is 2.39. The van der Waals surface area contributed by atoms with Gasteiger partial charge in [0.15, 0.2) is 0 Å². The van der Waals surface area contributed by atoms with E-state index in [2.05, 4.69) is 20.2 Å². The van der Waals surface area contributed by atoms with E-state index in [9.17, 15) is 9.18 Å². The van der Waals surface area contributed by atoms with Crippen molar-refractivity contribution in [2.24, 2.45) is 17.8 Å². The summed E-state index contributed by atoms with van der Waals surface area (Å²) < 4.78 is 20.1. The minimum absolute atomic E-state index is 0.0869. The molecule has 5 rings (SSSR count). The number of carbonyl (C=O) groups is 1. The molecule has 1 aromatic heterocycles. The summed E-state index contributed by atoms with van der Waals surface area (Å²) in [4.78, 5) is 22.9. The summed E-state index contributed by atoms with van der Waals surface area (Å²) in [6.45, 7) is 2.55. The molecule has 2 saturated carbocycles. The molecule has 0 spiro atoms. The third-order valence-electron chi connectivity index (χ3n) is 6.77. The van der Waals surface area contributed by atoms with E-state index in [1.807, 2.05) is 0 Å². The largest absolute Gasteiger partial charge is 0.493 e. The molecule has 170 valence electrons. The average molecular weight is 459 g/mol. The number of halogens is 2. The summed E-state index contributed by atoms with van der Waals surface area (Å²) in [5, 5.41) is 3.37. The van der Waals surface area contributed by atoms with Crippen molar-refractivity contribution < 1.29 is 13.9 Å². The Morgan fingerprint density at radius 1 is 1.16 bits per heavy atom. The molecular formula is C24H28ClFN4O2. The summed E-state index contributed by atoms with van der Waals surface area (Å²) in [5.41, 5.74) is 0.0869. The summed E-state index contributed by atoms with van der Waals surface area (Å²) in [6.07, 6.45) is 9.93. The molecule has 32 heavy (non-hydrogen) atoms. The Labute approximate surface area is 192 Å². The second-order valence-corrected chi connectivity index (χ2v) is 9.76. The lowest BCUT2D eigenvalue weighted by atomic mass is 9.91. The number of anilines is 1. The predicted octanol–water partition coefficient (Wildman–Crippen LogP) is 4.48. The maximum atomic E-state index is 14.3. The van der Waals surface area contributed by atoms with Crippen LogP contribution in [0.15, 0.2) is 30.6 Å². The van der Waals surface area contributed by atoms with Crippen LogP contribution in [0.25, 0.3) is 0 Å². The molecule has 8 heteroatoms. The Morgan fingerprint density at radius 2 is 1.91 bits per heavy atom. The van der Waals surface area contributed by atoms with Crippen LogP contribution in [0.3, 0.4) is 0 Å². The maximum Gasteiger partial charge on any atom is 0.254 e. The smallest absolute Gasteiger partial charge is 0.254 e. The normalized spacial score (nSPS) is 23.1. The molecule has 1 saturated heterocycles. The number of rotatable bonds is 8. The van der Waals surface area contributed by atoms with E-state index in [1.54, 1.807) is 18.5 Å². The molecule has 2 heterocycles. The first-order chi connectivity index (χ1) is 15.5. The van der Waals surface area contributed by atoms with E-state index in [0.29, 0.717) is 29.2 Å². The van der Waals surface area contributed by atoms with Gasteiger partial charge in [-0.3, -0.25) is 4.79 Å². The van der Waals surface area contributed by atoms with Gasteiger partial charge in [-0.2, -0.15) is 0 Å². The Balaban J connectivity index is 1.03. The summed E-state index contributed by atoms with van der Waals surface area (Å²) in [7, 11) is 0. The first kappa shape index (κ1) is 21.4. The minimum atomic E-state index is -0.524. The third kappa shape index (κ3) is 5.31. The highest BCUT2D eigenvalue weighted by atomic mass is 35.5. The van der Waals surface area contributed by atoms with Crippen LogP contribution in [0.1, 0.15) is 48.9 Å². The molecule has 0 unspecified atom stereocenters. The molecule has 0 bridgehead atoms. The zero-order valence-corrected chi connectivity index (χ0v) is 18.7.